The van der Waals surface area contributed by atoms with Crippen LogP contribution in [-0.2, 0) is 6.42 Å². The second-order valence-electron chi connectivity index (χ2n) is 4.25. The van der Waals surface area contributed by atoms with E-state index in [9.17, 15) is 14.9 Å². The predicted molar refractivity (Wildman–Crippen MR) is 75.7 cm³/mol. The van der Waals surface area contributed by atoms with Crippen LogP contribution in [0.1, 0.15) is 15.9 Å². The summed E-state index contributed by atoms with van der Waals surface area (Å²) in [6, 6.07) is 4.49. The van der Waals surface area contributed by atoms with Gasteiger partial charge in [0.1, 0.15) is 0 Å². The number of nitro groups is 1. The van der Waals surface area contributed by atoms with E-state index in [4.69, 9.17) is 0 Å². The number of amides is 1. The number of hydrogen-bond donors (Lipinski definition) is 1. The zero-order valence-corrected chi connectivity index (χ0v) is 11.2. The number of carbonyl (C=O) groups is 1. The quantitative estimate of drug-likeness (QED) is 0.397. The molecule has 0 fully saturated rings. The molecule has 0 spiro atoms. The van der Waals surface area contributed by atoms with Crippen molar-refractivity contribution in [3.63, 3.8) is 0 Å². The Hall–Kier alpha value is -1.82. The first-order chi connectivity index (χ1) is 9.13. The van der Waals surface area contributed by atoms with Gasteiger partial charge in [-0.1, -0.05) is 18.2 Å². The van der Waals surface area contributed by atoms with Gasteiger partial charge in [0.25, 0.3) is 11.6 Å². The smallest absolute Gasteiger partial charge is 0.270 e. The number of fused-ring (bicyclic) bond motifs is 1. The first-order valence-electron chi connectivity index (χ1n) is 5.96. The fourth-order valence-electron chi connectivity index (χ4n) is 2.07. The van der Waals surface area contributed by atoms with Gasteiger partial charge in [0, 0.05) is 36.5 Å². The van der Waals surface area contributed by atoms with E-state index in [0.717, 1.165) is 12.0 Å². The number of benzene rings is 1. The molecule has 1 heterocycles. The number of thiol groups is 1. The third-order valence-corrected chi connectivity index (χ3v) is 3.28. The van der Waals surface area contributed by atoms with E-state index >= 15 is 0 Å². The molecule has 5 nitrogen and oxygen atoms in total. The van der Waals surface area contributed by atoms with Gasteiger partial charge in [0.15, 0.2) is 0 Å². The van der Waals surface area contributed by atoms with Crippen LogP contribution in [0.5, 0.6) is 0 Å². The van der Waals surface area contributed by atoms with E-state index in [2.05, 4.69) is 12.6 Å². The Labute approximate surface area is 116 Å². The molecule has 1 aliphatic rings. The number of carbonyl (C=O) groups excluding carboxylic acids is 1. The SMILES string of the molecule is O=C1c2cc([N+](=O)[O-])ccc2CCN1CC=CCS. The molecule has 19 heavy (non-hydrogen) atoms. The van der Waals surface area contributed by atoms with E-state index in [-0.39, 0.29) is 11.6 Å². The van der Waals surface area contributed by atoms with Gasteiger partial charge in [0.2, 0.25) is 0 Å². The van der Waals surface area contributed by atoms with Gasteiger partial charge >= 0.3 is 0 Å². The van der Waals surface area contributed by atoms with Crippen LogP contribution in [0.15, 0.2) is 30.4 Å². The Morgan fingerprint density at radius 3 is 2.89 bits per heavy atom. The maximum absolute atomic E-state index is 12.2. The molecular formula is C13H14N2O3S. The number of nitro benzene ring substituents is 1. The third-order valence-electron chi connectivity index (χ3n) is 3.07. The molecule has 6 heteroatoms. The van der Waals surface area contributed by atoms with Crippen molar-refractivity contribution < 1.29 is 9.72 Å². The van der Waals surface area contributed by atoms with Crippen LogP contribution < -0.4 is 0 Å². The summed E-state index contributed by atoms with van der Waals surface area (Å²) in [5.41, 5.74) is 1.28. The summed E-state index contributed by atoms with van der Waals surface area (Å²) in [5.74, 6) is 0.484. The second kappa shape index (κ2) is 5.88. The molecule has 0 aromatic heterocycles. The van der Waals surface area contributed by atoms with Crippen molar-refractivity contribution in [3.8, 4) is 0 Å². The molecule has 0 bridgehead atoms. The number of nitrogens with zero attached hydrogens (tertiary/aromatic N) is 2. The van der Waals surface area contributed by atoms with Crippen molar-refractivity contribution in [1.29, 1.82) is 0 Å². The summed E-state index contributed by atoms with van der Waals surface area (Å²) >= 11 is 4.06. The van der Waals surface area contributed by atoms with Crippen LogP contribution in [0.4, 0.5) is 5.69 Å². The molecule has 0 atom stereocenters. The van der Waals surface area contributed by atoms with Gasteiger partial charge in [0.05, 0.1) is 4.92 Å². The van der Waals surface area contributed by atoms with Crippen LogP contribution >= 0.6 is 12.6 Å². The topological polar surface area (TPSA) is 63.4 Å². The molecule has 1 amide bonds. The number of rotatable bonds is 4. The van der Waals surface area contributed by atoms with Gasteiger partial charge in [-0.25, -0.2) is 0 Å². The van der Waals surface area contributed by atoms with Gasteiger partial charge in [-0.15, -0.1) is 0 Å². The molecular weight excluding hydrogens is 264 g/mol. The summed E-state index contributed by atoms with van der Waals surface area (Å²) in [6.07, 6.45) is 4.49. The maximum atomic E-state index is 12.2. The second-order valence-corrected chi connectivity index (χ2v) is 4.62. The van der Waals surface area contributed by atoms with E-state index in [1.807, 2.05) is 12.2 Å². The van der Waals surface area contributed by atoms with Crippen LogP contribution in [-0.4, -0.2) is 34.6 Å². The molecule has 0 saturated carbocycles. The minimum absolute atomic E-state index is 0.0418. The summed E-state index contributed by atoms with van der Waals surface area (Å²) in [4.78, 5) is 24.2. The average molecular weight is 278 g/mol. The summed E-state index contributed by atoms with van der Waals surface area (Å²) in [6.45, 7) is 1.15. The zero-order valence-electron chi connectivity index (χ0n) is 10.3. The zero-order chi connectivity index (χ0) is 13.8. The molecule has 0 saturated heterocycles. The number of non-ortho nitro benzene ring substituents is 1. The van der Waals surface area contributed by atoms with Crippen molar-refractivity contribution in [2.75, 3.05) is 18.8 Å². The van der Waals surface area contributed by atoms with E-state index in [1.165, 1.54) is 12.1 Å². The minimum atomic E-state index is -0.479. The third kappa shape index (κ3) is 2.96. The van der Waals surface area contributed by atoms with Crippen LogP contribution in [0, 0.1) is 10.1 Å². The first-order valence-corrected chi connectivity index (χ1v) is 6.59. The Morgan fingerprint density at radius 2 is 2.21 bits per heavy atom. The Bertz CT molecular complexity index is 543. The van der Waals surface area contributed by atoms with Crippen LogP contribution in [0.3, 0.4) is 0 Å². The van der Waals surface area contributed by atoms with Gasteiger partial charge in [-0.05, 0) is 12.0 Å². The standard InChI is InChI=1S/C13H14N2O3S/c16-13-12-9-11(15(17)18)4-3-10(12)5-7-14(13)6-1-2-8-19/h1-4,9,19H,5-8H2. The Kier molecular flexibility index (Phi) is 4.21. The number of hydrogen-bond acceptors (Lipinski definition) is 4. The van der Waals surface area contributed by atoms with Gasteiger partial charge in [-0.2, -0.15) is 12.6 Å². The van der Waals surface area contributed by atoms with E-state index in [1.54, 1.807) is 11.0 Å². The normalized spacial score (nSPS) is 14.8. The highest BCUT2D eigenvalue weighted by Gasteiger charge is 2.25. The van der Waals surface area contributed by atoms with Crippen molar-refractivity contribution in [3.05, 3.63) is 51.6 Å². The lowest BCUT2D eigenvalue weighted by molar-refractivity contribution is -0.384. The highest BCUT2D eigenvalue weighted by atomic mass is 32.1. The lowest BCUT2D eigenvalue weighted by atomic mass is 9.98. The molecule has 0 N–H and O–H groups in total. The average Bonchev–Trinajstić information content (AvgIpc) is 2.41. The van der Waals surface area contributed by atoms with Crippen molar-refractivity contribution in [2.24, 2.45) is 0 Å². The largest absolute Gasteiger partial charge is 0.335 e. The van der Waals surface area contributed by atoms with Crippen molar-refractivity contribution in [1.82, 2.24) is 4.90 Å². The van der Waals surface area contributed by atoms with E-state index < -0.39 is 4.92 Å². The molecule has 1 aromatic rings. The highest BCUT2D eigenvalue weighted by Crippen LogP contribution is 2.23. The molecule has 1 aromatic carbocycles. The van der Waals surface area contributed by atoms with Crippen molar-refractivity contribution >= 4 is 24.2 Å². The first kappa shape index (κ1) is 13.6. The van der Waals surface area contributed by atoms with Gasteiger partial charge < -0.3 is 4.90 Å². The molecule has 0 aliphatic carbocycles. The molecule has 0 unspecified atom stereocenters. The summed E-state index contributed by atoms with van der Waals surface area (Å²) in [7, 11) is 0. The fourth-order valence-corrected chi connectivity index (χ4v) is 2.22. The van der Waals surface area contributed by atoms with Crippen LogP contribution in [0.2, 0.25) is 0 Å². The fraction of sp³-hybridized carbons (Fsp3) is 0.308. The monoisotopic (exact) mass is 278 g/mol. The predicted octanol–water partition coefficient (Wildman–Crippen LogP) is 2.08. The van der Waals surface area contributed by atoms with Crippen LogP contribution in [0.25, 0.3) is 0 Å². The molecule has 2 rings (SSSR count). The molecule has 100 valence electrons. The molecule has 1 aliphatic heterocycles. The Balaban J connectivity index is 2.23. The minimum Gasteiger partial charge on any atom is -0.335 e. The Morgan fingerprint density at radius 1 is 1.42 bits per heavy atom. The summed E-state index contributed by atoms with van der Waals surface area (Å²) < 4.78 is 0. The van der Waals surface area contributed by atoms with Crippen molar-refractivity contribution in [2.45, 2.75) is 6.42 Å². The molecule has 0 radical (unpaired) electrons. The van der Waals surface area contributed by atoms with E-state index in [0.29, 0.717) is 24.4 Å². The summed E-state index contributed by atoms with van der Waals surface area (Å²) in [5, 5.41) is 10.7. The highest BCUT2D eigenvalue weighted by molar-refractivity contribution is 7.80. The lowest BCUT2D eigenvalue weighted by Gasteiger charge is -2.27. The van der Waals surface area contributed by atoms with Gasteiger partial charge in [-0.3, -0.25) is 14.9 Å². The lowest BCUT2D eigenvalue weighted by Crippen LogP contribution is -2.37. The maximum Gasteiger partial charge on any atom is 0.270 e.